The first-order chi connectivity index (χ1) is 7.95. The van der Waals surface area contributed by atoms with Gasteiger partial charge in [0.2, 0.25) is 0 Å². The average molecular weight is 235 g/mol. The van der Waals surface area contributed by atoms with Crippen molar-refractivity contribution in [1.29, 1.82) is 0 Å². The Hall–Kier alpha value is -1.35. The second-order valence-electron chi connectivity index (χ2n) is 4.68. The molecular formula is C14H21NO2. The smallest absolute Gasteiger partial charge is 0.152 e. The van der Waals surface area contributed by atoms with E-state index in [-0.39, 0.29) is 11.7 Å². The minimum absolute atomic E-state index is 0.0270. The molecule has 0 aromatic heterocycles. The second-order valence-corrected chi connectivity index (χ2v) is 4.68. The van der Waals surface area contributed by atoms with Gasteiger partial charge >= 0.3 is 0 Å². The molecule has 3 nitrogen and oxygen atoms in total. The summed E-state index contributed by atoms with van der Waals surface area (Å²) < 4.78 is 5.27. The van der Waals surface area contributed by atoms with Crippen LogP contribution in [0.1, 0.15) is 25.0 Å². The Balaban J connectivity index is 2.87. The van der Waals surface area contributed by atoms with E-state index in [1.165, 1.54) is 0 Å². The zero-order valence-corrected chi connectivity index (χ0v) is 11.0. The van der Waals surface area contributed by atoms with Gasteiger partial charge in [-0.3, -0.25) is 4.79 Å². The van der Waals surface area contributed by atoms with E-state index in [2.05, 4.69) is 0 Å². The minimum Gasteiger partial charge on any atom is -0.496 e. The minimum atomic E-state index is -0.453. The molecule has 0 amide bonds. The van der Waals surface area contributed by atoms with Crippen LogP contribution in [0.25, 0.3) is 0 Å². The summed E-state index contributed by atoms with van der Waals surface area (Å²) in [5.41, 5.74) is 8.06. The normalized spacial score (nSPS) is 12.6. The monoisotopic (exact) mass is 235 g/mol. The maximum Gasteiger partial charge on any atom is 0.152 e. The molecule has 0 heterocycles. The van der Waals surface area contributed by atoms with Gasteiger partial charge in [-0.2, -0.15) is 0 Å². The highest BCUT2D eigenvalue weighted by atomic mass is 16.5. The fourth-order valence-corrected chi connectivity index (χ4v) is 1.83. The third-order valence-corrected chi connectivity index (χ3v) is 2.81. The van der Waals surface area contributed by atoms with Crippen LogP contribution in [0.2, 0.25) is 0 Å². The highest BCUT2D eigenvalue weighted by Crippen LogP contribution is 2.21. The summed E-state index contributed by atoms with van der Waals surface area (Å²) in [6, 6.07) is 5.47. The summed E-state index contributed by atoms with van der Waals surface area (Å²) in [7, 11) is 1.63. The van der Waals surface area contributed by atoms with E-state index in [1.807, 2.05) is 39.0 Å². The maximum atomic E-state index is 11.8. The number of hydrogen-bond donors (Lipinski definition) is 1. The second kappa shape index (κ2) is 5.82. The molecule has 3 heteroatoms. The van der Waals surface area contributed by atoms with Crippen molar-refractivity contribution in [3.63, 3.8) is 0 Å². The Kier molecular flexibility index (Phi) is 4.70. The van der Waals surface area contributed by atoms with Gasteiger partial charge in [0.25, 0.3) is 0 Å². The van der Waals surface area contributed by atoms with Gasteiger partial charge in [0.1, 0.15) is 5.75 Å². The number of benzene rings is 1. The molecule has 0 bridgehead atoms. The molecule has 1 aromatic rings. The molecular weight excluding hydrogens is 214 g/mol. The molecule has 0 saturated carbocycles. The molecule has 94 valence electrons. The Morgan fingerprint density at radius 2 is 2.06 bits per heavy atom. The molecule has 2 N–H and O–H groups in total. The van der Waals surface area contributed by atoms with Crippen molar-refractivity contribution in [3.8, 4) is 5.75 Å². The third-order valence-electron chi connectivity index (χ3n) is 2.81. The number of methoxy groups -OCH3 is 1. The van der Waals surface area contributed by atoms with E-state index >= 15 is 0 Å². The number of rotatable bonds is 5. The van der Waals surface area contributed by atoms with Crippen LogP contribution in [0.15, 0.2) is 18.2 Å². The van der Waals surface area contributed by atoms with Crippen LogP contribution in [0.3, 0.4) is 0 Å². The molecule has 1 aromatic carbocycles. The number of Topliss-reactive ketones (excluding diaryl/α,β-unsaturated/α-hetero) is 1. The molecule has 1 atom stereocenters. The number of aryl methyl sites for hydroxylation is 1. The Morgan fingerprint density at radius 3 is 2.59 bits per heavy atom. The van der Waals surface area contributed by atoms with Gasteiger partial charge in [-0.1, -0.05) is 31.5 Å². The topological polar surface area (TPSA) is 52.3 Å². The highest BCUT2D eigenvalue weighted by molar-refractivity contribution is 5.85. The van der Waals surface area contributed by atoms with Crippen LogP contribution >= 0.6 is 0 Å². The van der Waals surface area contributed by atoms with E-state index in [9.17, 15) is 4.79 Å². The molecule has 1 unspecified atom stereocenters. The van der Waals surface area contributed by atoms with Crippen LogP contribution in [0, 0.1) is 12.8 Å². The predicted molar refractivity (Wildman–Crippen MR) is 69.3 cm³/mol. The number of ketones is 1. The van der Waals surface area contributed by atoms with Crippen molar-refractivity contribution in [1.82, 2.24) is 0 Å². The van der Waals surface area contributed by atoms with Gasteiger partial charge in [-0.15, -0.1) is 0 Å². The van der Waals surface area contributed by atoms with Crippen LogP contribution in [0.4, 0.5) is 0 Å². The third kappa shape index (κ3) is 3.56. The SMILES string of the molecule is COc1ccc(C)cc1CC(N)C(=O)C(C)C. The first-order valence-electron chi connectivity index (χ1n) is 5.88. The van der Waals surface area contributed by atoms with Crippen molar-refractivity contribution in [3.05, 3.63) is 29.3 Å². The molecule has 0 fully saturated rings. The van der Waals surface area contributed by atoms with E-state index < -0.39 is 6.04 Å². The summed E-state index contributed by atoms with van der Waals surface area (Å²) in [5.74, 6) is 0.858. The number of carbonyl (C=O) groups is 1. The van der Waals surface area contributed by atoms with E-state index in [0.717, 1.165) is 16.9 Å². The van der Waals surface area contributed by atoms with Gasteiger partial charge < -0.3 is 10.5 Å². The van der Waals surface area contributed by atoms with E-state index in [0.29, 0.717) is 6.42 Å². The van der Waals surface area contributed by atoms with Gasteiger partial charge in [0, 0.05) is 5.92 Å². The van der Waals surface area contributed by atoms with Crippen LogP contribution in [0.5, 0.6) is 5.75 Å². The number of carbonyl (C=O) groups excluding carboxylic acids is 1. The van der Waals surface area contributed by atoms with Crippen molar-refractivity contribution in [2.75, 3.05) is 7.11 Å². The number of nitrogens with two attached hydrogens (primary N) is 1. The van der Waals surface area contributed by atoms with Crippen LogP contribution < -0.4 is 10.5 Å². The summed E-state index contributed by atoms with van der Waals surface area (Å²) in [6.45, 7) is 5.75. The fraction of sp³-hybridized carbons (Fsp3) is 0.500. The largest absolute Gasteiger partial charge is 0.496 e. The standard InChI is InChI=1S/C14H21NO2/c1-9(2)14(16)12(15)8-11-7-10(3)5-6-13(11)17-4/h5-7,9,12H,8,15H2,1-4H3. The van der Waals surface area contributed by atoms with Crippen molar-refractivity contribution < 1.29 is 9.53 Å². The van der Waals surface area contributed by atoms with Gasteiger partial charge in [0.15, 0.2) is 5.78 Å². The number of ether oxygens (including phenoxy) is 1. The number of hydrogen-bond acceptors (Lipinski definition) is 3. The maximum absolute atomic E-state index is 11.8. The molecule has 0 aliphatic carbocycles. The molecule has 0 saturated heterocycles. The average Bonchev–Trinajstić information content (AvgIpc) is 2.28. The molecule has 0 radical (unpaired) electrons. The first kappa shape index (κ1) is 13.7. The Labute approximate surface area is 103 Å². The van der Waals surface area contributed by atoms with Crippen LogP contribution in [-0.2, 0) is 11.2 Å². The predicted octanol–water partition coefficient (Wildman–Crippen LogP) is 2.10. The lowest BCUT2D eigenvalue weighted by molar-refractivity contribution is -0.123. The van der Waals surface area contributed by atoms with E-state index in [1.54, 1.807) is 7.11 Å². The lowest BCUT2D eigenvalue weighted by atomic mass is 9.95. The zero-order chi connectivity index (χ0) is 13.0. The van der Waals surface area contributed by atoms with Crippen molar-refractivity contribution in [2.45, 2.75) is 33.2 Å². The first-order valence-corrected chi connectivity index (χ1v) is 5.88. The summed E-state index contributed by atoms with van der Waals surface area (Å²) >= 11 is 0. The zero-order valence-electron chi connectivity index (χ0n) is 11.0. The Morgan fingerprint density at radius 1 is 1.41 bits per heavy atom. The molecule has 0 aliphatic heterocycles. The fourth-order valence-electron chi connectivity index (χ4n) is 1.83. The van der Waals surface area contributed by atoms with Gasteiger partial charge in [-0.25, -0.2) is 0 Å². The summed E-state index contributed by atoms with van der Waals surface area (Å²) in [5, 5.41) is 0. The van der Waals surface area contributed by atoms with Crippen molar-refractivity contribution >= 4 is 5.78 Å². The van der Waals surface area contributed by atoms with E-state index in [4.69, 9.17) is 10.5 Å². The summed E-state index contributed by atoms with van der Waals surface area (Å²) in [4.78, 5) is 11.8. The Bertz CT molecular complexity index is 399. The van der Waals surface area contributed by atoms with Crippen molar-refractivity contribution in [2.24, 2.45) is 11.7 Å². The van der Waals surface area contributed by atoms with Gasteiger partial charge in [0.05, 0.1) is 13.2 Å². The summed E-state index contributed by atoms with van der Waals surface area (Å²) in [6.07, 6.45) is 0.530. The van der Waals surface area contributed by atoms with Gasteiger partial charge in [-0.05, 0) is 25.0 Å². The molecule has 17 heavy (non-hydrogen) atoms. The lowest BCUT2D eigenvalue weighted by Gasteiger charge is -2.15. The van der Waals surface area contributed by atoms with Crippen LogP contribution in [-0.4, -0.2) is 18.9 Å². The lowest BCUT2D eigenvalue weighted by Crippen LogP contribution is -2.35. The quantitative estimate of drug-likeness (QED) is 0.850. The highest BCUT2D eigenvalue weighted by Gasteiger charge is 2.18. The molecule has 0 spiro atoms. The molecule has 0 aliphatic rings. The molecule has 1 rings (SSSR count).